The van der Waals surface area contributed by atoms with Gasteiger partial charge in [-0.1, -0.05) is 23.5 Å². The average molecular weight is 515 g/mol. The largest absolute Gasteiger partial charge is 0.379 e. The van der Waals surface area contributed by atoms with E-state index in [0.29, 0.717) is 22.9 Å². The highest BCUT2D eigenvalue weighted by atomic mass is 35.5. The Morgan fingerprint density at radius 3 is 2.37 bits per heavy atom. The first-order chi connectivity index (χ1) is 16.6. The molecule has 0 atom stereocenters. The summed E-state index contributed by atoms with van der Waals surface area (Å²) in [6.45, 7) is 4.73. The molecule has 2 aliphatic rings. The van der Waals surface area contributed by atoms with Crippen LogP contribution in [0.5, 0.6) is 0 Å². The number of fused-ring (bicyclic) bond motifs is 1. The van der Waals surface area contributed by atoms with Gasteiger partial charge in [0.05, 0.1) is 29.1 Å². The van der Waals surface area contributed by atoms with Crippen molar-refractivity contribution in [2.24, 2.45) is 0 Å². The molecule has 3 aromatic rings. The number of morpholine rings is 1. The van der Waals surface area contributed by atoms with Gasteiger partial charge in [0, 0.05) is 44.6 Å². The maximum absolute atomic E-state index is 13.6. The van der Waals surface area contributed by atoms with E-state index in [9.17, 15) is 14.4 Å². The third-order valence-corrected chi connectivity index (χ3v) is 7.20. The number of halogens is 1. The van der Waals surface area contributed by atoms with Gasteiger partial charge in [0.2, 0.25) is 11.8 Å². The van der Waals surface area contributed by atoms with E-state index < -0.39 is 0 Å². The first-order valence-electron chi connectivity index (χ1n) is 11.5. The number of hydrogen-bond donors (Lipinski definition) is 0. The molecule has 3 heterocycles. The van der Waals surface area contributed by atoms with Gasteiger partial charge in [-0.15, -0.1) is 12.4 Å². The maximum atomic E-state index is 13.6. The first kappa shape index (κ1) is 25.2. The van der Waals surface area contributed by atoms with E-state index in [1.807, 2.05) is 24.3 Å². The zero-order valence-corrected chi connectivity index (χ0v) is 20.9. The van der Waals surface area contributed by atoms with Crippen LogP contribution in [0.3, 0.4) is 0 Å². The number of imide groups is 1. The summed E-state index contributed by atoms with van der Waals surface area (Å²) in [5.41, 5.74) is 1.87. The zero-order valence-electron chi connectivity index (χ0n) is 19.2. The monoisotopic (exact) mass is 514 g/mol. The summed E-state index contributed by atoms with van der Waals surface area (Å²) in [7, 11) is 0. The molecule has 0 unspecified atom stereocenters. The van der Waals surface area contributed by atoms with E-state index in [1.54, 1.807) is 29.2 Å². The molecule has 2 fully saturated rings. The van der Waals surface area contributed by atoms with Crippen molar-refractivity contribution >= 4 is 62.5 Å². The van der Waals surface area contributed by atoms with E-state index in [2.05, 4.69) is 4.90 Å². The molecule has 0 radical (unpaired) electrons. The second-order valence-electron chi connectivity index (χ2n) is 8.40. The summed E-state index contributed by atoms with van der Waals surface area (Å²) in [6, 6.07) is 14.6. The second-order valence-corrected chi connectivity index (χ2v) is 9.41. The van der Waals surface area contributed by atoms with Gasteiger partial charge in [-0.2, -0.15) is 0 Å². The molecule has 0 spiro atoms. The Hall–Kier alpha value is -2.85. The smallest absolute Gasteiger partial charge is 0.260 e. The minimum absolute atomic E-state index is 0. The molecule has 184 valence electrons. The molecule has 0 aliphatic carbocycles. The molecule has 35 heavy (non-hydrogen) atoms. The molecule has 1 aromatic heterocycles. The van der Waals surface area contributed by atoms with Crippen LogP contribution in [0.25, 0.3) is 10.2 Å². The van der Waals surface area contributed by atoms with Gasteiger partial charge < -0.3 is 4.74 Å². The number of amides is 3. The molecular formula is C25H27ClN4O4S. The van der Waals surface area contributed by atoms with E-state index >= 15 is 0 Å². The van der Waals surface area contributed by atoms with E-state index in [-0.39, 0.29) is 43.0 Å². The number of nitrogens with zero attached hydrogens (tertiary/aromatic N) is 4. The van der Waals surface area contributed by atoms with Crippen LogP contribution in [0.1, 0.15) is 29.6 Å². The standard InChI is InChI=1S/C25H26N4O4S.ClH/c30-22-10-11-23(31)29(22)19-8-6-18(7-9-19)24(32)28(13-3-12-27-14-16-33-17-15-27)25-26-20-4-1-2-5-21(20)34-25;/h1-2,4-9H,3,10-17H2;1H. The van der Waals surface area contributed by atoms with Gasteiger partial charge in [0.25, 0.3) is 5.91 Å². The Morgan fingerprint density at radius 1 is 1.00 bits per heavy atom. The van der Waals surface area contributed by atoms with Crippen LogP contribution in [0.4, 0.5) is 10.8 Å². The maximum Gasteiger partial charge on any atom is 0.260 e. The summed E-state index contributed by atoms with van der Waals surface area (Å²) in [5.74, 6) is -0.557. The highest BCUT2D eigenvalue weighted by molar-refractivity contribution is 7.22. The molecule has 2 aliphatic heterocycles. The highest BCUT2D eigenvalue weighted by Gasteiger charge is 2.30. The predicted molar refractivity (Wildman–Crippen MR) is 139 cm³/mol. The Bertz CT molecular complexity index is 1160. The summed E-state index contributed by atoms with van der Waals surface area (Å²) in [6.07, 6.45) is 1.28. The Kier molecular flexibility index (Phi) is 8.12. The van der Waals surface area contributed by atoms with Crippen LogP contribution >= 0.6 is 23.7 Å². The summed E-state index contributed by atoms with van der Waals surface area (Å²) in [4.78, 5) is 47.7. The van der Waals surface area contributed by atoms with Gasteiger partial charge in [0.15, 0.2) is 5.13 Å². The minimum atomic E-state index is -0.205. The lowest BCUT2D eigenvalue weighted by atomic mass is 10.1. The molecular weight excluding hydrogens is 488 g/mol. The zero-order chi connectivity index (χ0) is 23.5. The lowest BCUT2D eigenvalue weighted by molar-refractivity contribution is -0.121. The molecule has 0 bridgehead atoms. The fraction of sp³-hybridized carbons (Fsp3) is 0.360. The highest BCUT2D eigenvalue weighted by Crippen LogP contribution is 2.30. The van der Waals surface area contributed by atoms with Crippen molar-refractivity contribution in [3.05, 3.63) is 54.1 Å². The van der Waals surface area contributed by atoms with Gasteiger partial charge in [-0.25, -0.2) is 4.98 Å². The number of para-hydroxylation sites is 1. The Balaban J connectivity index is 0.00000289. The third-order valence-electron chi connectivity index (χ3n) is 6.14. The summed E-state index contributed by atoms with van der Waals surface area (Å²) >= 11 is 1.50. The van der Waals surface area contributed by atoms with Crippen molar-refractivity contribution in [2.75, 3.05) is 49.2 Å². The number of carbonyl (C=O) groups excluding carboxylic acids is 3. The summed E-state index contributed by atoms with van der Waals surface area (Å²) < 4.78 is 6.46. The number of aromatic nitrogens is 1. The van der Waals surface area contributed by atoms with Crippen molar-refractivity contribution in [2.45, 2.75) is 19.3 Å². The summed E-state index contributed by atoms with van der Waals surface area (Å²) in [5, 5.41) is 0.669. The number of ether oxygens (including phenoxy) is 1. The quantitative estimate of drug-likeness (QED) is 0.447. The average Bonchev–Trinajstić information content (AvgIpc) is 3.44. The van der Waals surface area contributed by atoms with Crippen LogP contribution in [0, 0.1) is 0 Å². The van der Waals surface area contributed by atoms with Crippen LogP contribution in [0.15, 0.2) is 48.5 Å². The molecule has 2 saturated heterocycles. The van der Waals surface area contributed by atoms with E-state index in [0.717, 1.165) is 49.5 Å². The Morgan fingerprint density at radius 2 is 1.69 bits per heavy atom. The van der Waals surface area contributed by atoms with E-state index in [4.69, 9.17) is 9.72 Å². The number of hydrogen-bond acceptors (Lipinski definition) is 7. The minimum Gasteiger partial charge on any atom is -0.379 e. The van der Waals surface area contributed by atoms with Crippen molar-refractivity contribution in [1.29, 1.82) is 0 Å². The molecule has 5 rings (SSSR count). The lowest BCUT2D eigenvalue weighted by Gasteiger charge is -2.27. The molecule has 3 amide bonds. The van der Waals surface area contributed by atoms with Crippen molar-refractivity contribution < 1.29 is 19.1 Å². The van der Waals surface area contributed by atoms with Crippen LogP contribution in [0.2, 0.25) is 0 Å². The fourth-order valence-corrected chi connectivity index (χ4v) is 5.30. The van der Waals surface area contributed by atoms with Gasteiger partial charge in [-0.05, 0) is 42.8 Å². The molecule has 8 nitrogen and oxygen atoms in total. The van der Waals surface area contributed by atoms with Crippen LogP contribution in [-0.2, 0) is 14.3 Å². The predicted octanol–water partition coefficient (Wildman–Crippen LogP) is 3.74. The Labute approximate surface area is 213 Å². The SMILES string of the molecule is Cl.O=C(c1ccc(N2C(=O)CCC2=O)cc1)N(CCCN1CCOCC1)c1nc2ccccc2s1. The van der Waals surface area contributed by atoms with Gasteiger partial charge in [0.1, 0.15) is 0 Å². The van der Waals surface area contributed by atoms with Crippen molar-refractivity contribution in [1.82, 2.24) is 9.88 Å². The van der Waals surface area contributed by atoms with E-state index in [1.165, 1.54) is 16.2 Å². The molecule has 10 heteroatoms. The van der Waals surface area contributed by atoms with Gasteiger partial charge in [-0.3, -0.25) is 29.1 Å². The van der Waals surface area contributed by atoms with Crippen LogP contribution < -0.4 is 9.80 Å². The molecule has 0 N–H and O–H groups in total. The number of thiazole rings is 1. The number of anilines is 2. The third kappa shape index (κ3) is 5.54. The number of rotatable bonds is 7. The van der Waals surface area contributed by atoms with Gasteiger partial charge >= 0.3 is 0 Å². The van der Waals surface area contributed by atoms with Crippen molar-refractivity contribution in [3.8, 4) is 0 Å². The number of carbonyl (C=O) groups is 3. The lowest BCUT2D eigenvalue weighted by Crippen LogP contribution is -2.39. The molecule has 2 aromatic carbocycles. The molecule has 0 saturated carbocycles. The van der Waals surface area contributed by atoms with Crippen LogP contribution in [-0.4, -0.2) is 67.0 Å². The first-order valence-corrected chi connectivity index (χ1v) is 12.4. The number of benzene rings is 2. The second kappa shape index (κ2) is 11.3. The van der Waals surface area contributed by atoms with Crippen molar-refractivity contribution in [3.63, 3.8) is 0 Å². The topological polar surface area (TPSA) is 83.1 Å². The normalized spacial score (nSPS) is 16.5. The fourth-order valence-electron chi connectivity index (χ4n) is 4.31.